The van der Waals surface area contributed by atoms with Gasteiger partial charge in [-0.1, -0.05) is 6.07 Å². The molecule has 4 rings (SSSR count). The number of nitro groups is 1. The van der Waals surface area contributed by atoms with Gasteiger partial charge in [-0.2, -0.15) is 5.10 Å². The van der Waals surface area contributed by atoms with E-state index in [-0.39, 0.29) is 12.5 Å². The molecule has 0 aliphatic carbocycles. The molecule has 2 heterocycles. The topological polar surface area (TPSA) is 117 Å². The van der Waals surface area contributed by atoms with Crippen LogP contribution >= 0.6 is 0 Å². The molecule has 10 heteroatoms. The fourth-order valence-electron chi connectivity index (χ4n) is 2.92. The maximum Gasteiger partial charge on any atom is 0.287 e. The van der Waals surface area contributed by atoms with Gasteiger partial charge in [0.2, 0.25) is 6.79 Å². The Balaban J connectivity index is 1.40. The number of hydrogen-bond donors (Lipinski definition) is 1. The van der Waals surface area contributed by atoms with Crippen LogP contribution in [0, 0.1) is 10.1 Å². The van der Waals surface area contributed by atoms with E-state index in [1.54, 1.807) is 6.21 Å². The Morgan fingerprint density at radius 2 is 2.00 bits per heavy atom. The summed E-state index contributed by atoms with van der Waals surface area (Å²) in [5.41, 5.74) is 4.37. The minimum Gasteiger partial charge on any atom is -0.490 e. The SMILES string of the molecule is CCOc1cc(/C=N/Nc2ccc([N+](=O)[O-])cn2)ccc1OCc1ccc2c(c1)OCO2. The lowest BCUT2D eigenvalue weighted by atomic mass is 10.2. The van der Waals surface area contributed by atoms with Crippen LogP contribution in [0.15, 0.2) is 59.8 Å². The van der Waals surface area contributed by atoms with Crippen molar-refractivity contribution in [3.05, 3.63) is 76.0 Å². The predicted molar refractivity (Wildman–Crippen MR) is 117 cm³/mol. The van der Waals surface area contributed by atoms with Gasteiger partial charge < -0.3 is 18.9 Å². The van der Waals surface area contributed by atoms with Crippen molar-refractivity contribution in [1.29, 1.82) is 0 Å². The number of hydrazone groups is 1. The van der Waals surface area contributed by atoms with Gasteiger partial charge >= 0.3 is 0 Å². The van der Waals surface area contributed by atoms with E-state index in [4.69, 9.17) is 18.9 Å². The number of nitrogens with one attached hydrogen (secondary N) is 1. The average molecular weight is 436 g/mol. The highest BCUT2D eigenvalue weighted by Gasteiger charge is 2.14. The number of nitrogens with zero attached hydrogens (tertiary/aromatic N) is 3. The van der Waals surface area contributed by atoms with Crippen molar-refractivity contribution in [1.82, 2.24) is 4.98 Å². The molecule has 0 saturated heterocycles. The minimum absolute atomic E-state index is 0.0859. The van der Waals surface area contributed by atoms with E-state index in [0.717, 1.165) is 23.1 Å². The summed E-state index contributed by atoms with van der Waals surface area (Å²) < 4.78 is 22.4. The molecule has 164 valence electrons. The number of anilines is 1. The molecule has 1 aliphatic heterocycles. The zero-order valence-electron chi connectivity index (χ0n) is 17.2. The Kier molecular flexibility index (Phi) is 6.30. The Morgan fingerprint density at radius 1 is 1.12 bits per heavy atom. The van der Waals surface area contributed by atoms with Gasteiger partial charge in [0.25, 0.3) is 5.69 Å². The lowest BCUT2D eigenvalue weighted by Crippen LogP contribution is -2.01. The lowest BCUT2D eigenvalue weighted by molar-refractivity contribution is -0.385. The smallest absolute Gasteiger partial charge is 0.287 e. The van der Waals surface area contributed by atoms with Crippen LogP contribution in [0.25, 0.3) is 0 Å². The number of aromatic nitrogens is 1. The highest BCUT2D eigenvalue weighted by Crippen LogP contribution is 2.34. The second kappa shape index (κ2) is 9.65. The quantitative estimate of drug-likeness (QED) is 0.302. The normalized spacial score (nSPS) is 12.0. The van der Waals surface area contributed by atoms with Crippen LogP contribution in [0.3, 0.4) is 0 Å². The number of hydrogen-bond acceptors (Lipinski definition) is 9. The Hall–Kier alpha value is -4.34. The molecule has 0 amide bonds. The standard InChI is InChI=1S/C22H20N4O6/c1-2-29-20-9-15(11-24-25-22-8-5-17(12-23-22)26(27)28)3-6-18(20)30-13-16-4-7-19-21(10-16)32-14-31-19/h3-12H,2,13-14H2,1H3,(H,23,25)/b24-11+. The molecule has 10 nitrogen and oxygen atoms in total. The fraction of sp³-hybridized carbons (Fsp3) is 0.182. The van der Waals surface area contributed by atoms with Crippen LogP contribution < -0.4 is 24.4 Å². The fourth-order valence-corrected chi connectivity index (χ4v) is 2.92. The molecule has 32 heavy (non-hydrogen) atoms. The monoisotopic (exact) mass is 436 g/mol. The zero-order chi connectivity index (χ0) is 22.3. The van der Waals surface area contributed by atoms with Gasteiger partial charge in [0.1, 0.15) is 18.6 Å². The number of fused-ring (bicyclic) bond motifs is 1. The third kappa shape index (κ3) is 5.04. The maximum absolute atomic E-state index is 10.7. The lowest BCUT2D eigenvalue weighted by Gasteiger charge is -2.13. The van der Waals surface area contributed by atoms with Gasteiger partial charge in [-0.25, -0.2) is 4.98 Å². The zero-order valence-corrected chi connectivity index (χ0v) is 17.2. The van der Waals surface area contributed by atoms with Crippen molar-refractivity contribution in [3.8, 4) is 23.0 Å². The predicted octanol–water partition coefficient (Wildman–Crippen LogP) is 4.14. The van der Waals surface area contributed by atoms with E-state index in [2.05, 4.69) is 15.5 Å². The molecule has 0 saturated carbocycles. The first-order valence-corrected chi connectivity index (χ1v) is 9.80. The second-order valence-corrected chi connectivity index (χ2v) is 6.64. The van der Waals surface area contributed by atoms with Crippen LogP contribution in [0.4, 0.5) is 11.5 Å². The van der Waals surface area contributed by atoms with Crippen LogP contribution in [0.5, 0.6) is 23.0 Å². The average Bonchev–Trinajstić information content (AvgIpc) is 3.27. The molecule has 0 atom stereocenters. The molecule has 0 fully saturated rings. The first-order chi connectivity index (χ1) is 15.6. The molecular formula is C22H20N4O6. The van der Waals surface area contributed by atoms with Crippen molar-refractivity contribution < 1.29 is 23.9 Å². The van der Waals surface area contributed by atoms with E-state index < -0.39 is 4.92 Å². The van der Waals surface area contributed by atoms with Gasteiger partial charge in [0.05, 0.1) is 17.7 Å². The minimum atomic E-state index is -0.508. The second-order valence-electron chi connectivity index (χ2n) is 6.64. The Labute approximate surface area is 183 Å². The third-order valence-corrected chi connectivity index (χ3v) is 4.45. The first kappa shape index (κ1) is 20.9. The first-order valence-electron chi connectivity index (χ1n) is 9.80. The number of pyridine rings is 1. The van der Waals surface area contributed by atoms with Crippen molar-refractivity contribution in [3.63, 3.8) is 0 Å². The summed E-state index contributed by atoms with van der Waals surface area (Å²) in [5, 5.41) is 14.8. The number of rotatable bonds is 9. The van der Waals surface area contributed by atoms with Crippen LogP contribution in [-0.2, 0) is 6.61 Å². The molecule has 3 aromatic rings. The summed E-state index contributed by atoms with van der Waals surface area (Å²) in [5.74, 6) is 3.01. The van der Waals surface area contributed by atoms with Crippen LogP contribution in [-0.4, -0.2) is 29.5 Å². The van der Waals surface area contributed by atoms with Crippen LogP contribution in [0.1, 0.15) is 18.1 Å². The number of ether oxygens (including phenoxy) is 4. The van der Waals surface area contributed by atoms with E-state index >= 15 is 0 Å². The highest BCUT2D eigenvalue weighted by molar-refractivity contribution is 5.81. The van der Waals surface area contributed by atoms with Crippen LogP contribution in [0.2, 0.25) is 0 Å². The van der Waals surface area contributed by atoms with E-state index in [0.29, 0.717) is 36.3 Å². The highest BCUT2D eigenvalue weighted by atomic mass is 16.7. The molecule has 1 aromatic heterocycles. The summed E-state index contributed by atoms with van der Waals surface area (Å²) in [6.45, 7) is 2.94. The van der Waals surface area contributed by atoms with Gasteiger partial charge in [0, 0.05) is 6.07 Å². The van der Waals surface area contributed by atoms with E-state index in [1.165, 1.54) is 12.1 Å². The molecule has 2 aromatic carbocycles. The molecule has 0 bridgehead atoms. The molecular weight excluding hydrogens is 416 g/mol. The Bertz CT molecular complexity index is 1130. The summed E-state index contributed by atoms with van der Waals surface area (Å²) in [6, 6.07) is 14.0. The third-order valence-electron chi connectivity index (χ3n) is 4.45. The van der Waals surface area contributed by atoms with Crippen molar-refractivity contribution in [2.75, 3.05) is 18.8 Å². The Morgan fingerprint density at radius 3 is 2.78 bits per heavy atom. The van der Waals surface area contributed by atoms with Gasteiger partial charge in [-0.05, 0) is 54.4 Å². The largest absolute Gasteiger partial charge is 0.490 e. The van der Waals surface area contributed by atoms with E-state index in [9.17, 15) is 10.1 Å². The van der Waals surface area contributed by atoms with Gasteiger partial charge in [-0.3, -0.25) is 15.5 Å². The summed E-state index contributed by atoms with van der Waals surface area (Å²) in [7, 11) is 0. The summed E-state index contributed by atoms with van der Waals surface area (Å²) in [4.78, 5) is 14.1. The molecule has 0 spiro atoms. The molecule has 0 radical (unpaired) electrons. The van der Waals surface area contributed by atoms with Crippen molar-refractivity contribution in [2.45, 2.75) is 13.5 Å². The van der Waals surface area contributed by atoms with Crippen molar-refractivity contribution >= 4 is 17.7 Å². The summed E-state index contributed by atoms with van der Waals surface area (Å²) >= 11 is 0. The van der Waals surface area contributed by atoms with Crippen molar-refractivity contribution in [2.24, 2.45) is 5.10 Å². The molecule has 1 aliphatic rings. The molecule has 0 unspecified atom stereocenters. The summed E-state index contributed by atoms with van der Waals surface area (Å²) in [6.07, 6.45) is 2.75. The van der Waals surface area contributed by atoms with E-state index in [1.807, 2.05) is 43.3 Å². The van der Waals surface area contributed by atoms with Gasteiger partial charge in [-0.15, -0.1) is 0 Å². The number of benzene rings is 2. The maximum atomic E-state index is 10.7. The van der Waals surface area contributed by atoms with Gasteiger partial charge in [0.15, 0.2) is 23.0 Å². The molecule has 1 N–H and O–H groups in total.